The molecule has 1 aromatic carbocycles. The summed E-state index contributed by atoms with van der Waals surface area (Å²) in [6.45, 7) is 3.46. The molecule has 6 heteroatoms. The van der Waals surface area contributed by atoms with Gasteiger partial charge in [-0.3, -0.25) is 4.68 Å². The smallest absolute Gasteiger partial charge is 0.264 e. The molecule has 0 aliphatic heterocycles. The van der Waals surface area contributed by atoms with Crippen LogP contribution in [-0.4, -0.2) is 18.2 Å². The topological polar surface area (TPSA) is 52.0 Å². The van der Waals surface area contributed by atoms with Gasteiger partial charge < -0.3 is 0 Å². The molecule has 0 saturated heterocycles. The molecule has 18 heavy (non-hydrogen) atoms. The van der Waals surface area contributed by atoms with Gasteiger partial charge in [0.1, 0.15) is 4.90 Å². The van der Waals surface area contributed by atoms with Crippen LogP contribution < -0.4 is 0 Å². The van der Waals surface area contributed by atoms with Gasteiger partial charge >= 0.3 is 10.2 Å². The van der Waals surface area contributed by atoms with Crippen molar-refractivity contribution >= 4 is 10.2 Å². The van der Waals surface area contributed by atoms with E-state index in [0.717, 1.165) is 5.56 Å². The molecule has 0 N–H and O–H groups in total. The lowest BCUT2D eigenvalue weighted by molar-refractivity contribution is 0.550. The Labute approximate surface area is 105 Å². The first-order valence-corrected chi connectivity index (χ1v) is 6.80. The highest BCUT2D eigenvalue weighted by Crippen LogP contribution is 2.22. The summed E-state index contributed by atoms with van der Waals surface area (Å²) in [7, 11) is -4.72. The molecular formula is C12H13FN2O2S. The average molecular weight is 268 g/mol. The number of halogens is 1. The standard InChI is InChI=1S/C12H13FN2O2S/c1-9-12(18(13,16)17)10(2)15(14-9)8-11-6-4-3-5-7-11/h3-7H,8H2,1-2H3. The lowest BCUT2D eigenvalue weighted by Gasteiger charge is -2.04. The summed E-state index contributed by atoms with van der Waals surface area (Å²) in [6.07, 6.45) is 0. The number of benzene rings is 1. The molecule has 0 saturated carbocycles. The highest BCUT2D eigenvalue weighted by atomic mass is 32.3. The molecule has 0 unspecified atom stereocenters. The maximum absolute atomic E-state index is 13.1. The highest BCUT2D eigenvalue weighted by molar-refractivity contribution is 7.86. The van der Waals surface area contributed by atoms with Crippen molar-refractivity contribution in [3.8, 4) is 0 Å². The van der Waals surface area contributed by atoms with E-state index in [1.54, 1.807) is 6.92 Å². The second-order valence-corrected chi connectivity index (χ2v) is 5.36. The van der Waals surface area contributed by atoms with Gasteiger partial charge in [0.05, 0.1) is 17.9 Å². The van der Waals surface area contributed by atoms with E-state index in [2.05, 4.69) is 5.10 Å². The zero-order valence-electron chi connectivity index (χ0n) is 10.1. The molecule has 0 amide bonds. The summed E-state index contributed by atoms with van der Waals surface area (Å²) in [5.41, 5.74) is 1.48. The Morgan fingerprint density at radius 2 is 1.83 bits per heavy atom. The van der Waals surface area contributed by atoms with Gasteiger partial charge in [-0.15, -0.1) is 3.89 Å². The summed E-state index contributed by atoms with van der Waals surface area (Å²) in [4.78, 5) is -0.321. The van der Waals surface area contributed by atoms with E-state index in [9.17, 15) is 12.3 Å². The van der Waals surface area contributed by atoms with Crippen LogP contribution in [0.15, 0.2) is 35.2 Å². The fraction of sp³-hybridized carbons (Fsp3) is 0.250. The monoisotopic (exact) mass is 268 g/mol. The van der Waals surface area contributed by atoms with Crippen molar-refractivity contribution in [1.82, 2.24) is 9.78 Å². The van der Waals surface area contributed by atoms with E-state index in [0.29, 0.717) is 12.2 Å². The molecule has 4 nitrogen and oxygen atoms in total. The Morgan fingerprint density at radius 3 is 2.33 bits per heavy atom. The second-order valence-electron chi connectivity index (χ2n) is 4.08. The molecule has 0 radical (unpaired) electrons. The minimum atomic E-state index is -4.72. The maximum atomic E-state index is 13.1. The van der Waals surface area contributed by atoms with Gasteiger partial charge in [0.2, 0.25) is 0 Å². The Morgan fingerprint density at radius 1 is 1.22 bits per heavy atom. The van der Waals surface area contributed by atoms with Crippen LogP contribution in [0.5, 0.6) is 0 Å². The van der Waals surface area contributed by atoms with Crippen molar-refractivity contribution in [3.63, 3.8) is 0 Å². The van der Waals surface area contributed by atoms with Crippen LogP contribution in [0, 0.1) is 13.8 Å². The Hall–Kier alpha value is -1.69. The summed E-state index contributed by atoms with van der Waals surface area (Å²) >= 11 is 0. The van der Waals surface area contributed by atoms with Crippen molar-refractivity contribution in [1.29, 1.82) is 0 Å². The third-order valence-electron chi connectivity index (χ3n) is 2.73. The lowest BCUT2D eigenvalue weighted by Crippen LogP contribution is -2.04. The number of aryl methyl sites for hydroxylation is 1. The molecule has 1 heterocycles. The van der Waals surface area contributed by atoms with Crippen LogP contribution in [-0.2, 0) is 16.8 Å². The highest BCUT2D eigenvalue weighted by Gasteiger charge is 2.23. The molecule has 1 aromatic heterocycles. The zero-order chi connectivity index (χ0) is 13.3. The van der Waals surface area contributed by atoms with Crippen molar-refractivity contribution < 1.29 is 12.3 Å². The predicted molar refractivity (Wildman–Crippen MR) is 65.5 cm³/mol. The van der Waals surface area contributed by atoms with Gasteiger partial charge in [-0.1, -0.05) is 30.3 Å². The van der Waals surface area contributed by atoms with Crippen LogP contribution in [0.1, 0.15) is 17.0 Å². The van der Waals surface area contributed by atoms with Gasteiger partial charge in [0.25, 0.3) is 0 Å². The largest absolute Gasteiger partial charge is 0.335 e. The Balaban J connectivity index is 2.43. The quantitative estimate of drug-likeness (QED) is 0.802. The predicted octanol–water partition coefficient (Wildman–Crippen LogP) is 2.21. The van der Waals surface area contributed by atoms with Crippen LogP contribution in [0.3, 0.4) is 0 Å². The van der Waals surface area contributed by atoms with Crippen LogP contribution in [0.4, 0.5) is 3.89 Å². The fourth-order valence-electron chi connectivity index (χ4n) is 1.94. The molecule has 0 atom stereocenters. The van der Waals surface area contributed by atoms with E-state index in [-0.39, 0.29) is 10.6 Å². The lowest BCUT2D eigenvalue weighted by atomic mass is 10.2. The number of hydrogen-bond donors (Lipinski definition) is 0. The summed E-state index contributed by atoms with van der Waals surface area (Å²) in [6, 6.07) is 9.46. The third kappa shape index (κ3) is 2.43. The van der Waals surface area contributed by atoms with E-state index in [1.807, 2.05) is 30.3 Å². The van der Waals surface area contributed by atoms with E-state index in [4.69, 9.17) is 0 Å². The zero-order valence-corrected chi connectivity index (χ0v) is 10.9. The summed E-state index contributed by atoms with van der Waals surface area (Å²) < 4.78 is 36.7. The SMILES string of the molecule is Cc1nn(Cc2ccccc2)c(C)c1S(=O)(=O)F. The molecular weight excluding hydrogens is 255 g/mol. The minimum Gasteiger partial charge on any atom is -0.264 e. The van der Waals surface area contributed by atoms with Gasteiger partial charge in [0, 0.05) is 0 Å². The van der Waals surface area contributed by atoms with Crippen molar-refractivity contribution in [2.45, 2.75) is 25.3 Å². The summed E-state index contributed by atoms with van der Waals surface area (Å²) in [5.74, 6) is 0. The minimum absolute atomic E-state index is 0.186. The maximum Gasteiger partial charge on any atom is 0.335 e. The van der Waals surface area contributed by atoms with E-state index in [1.165, 1.54) is 11.6 Å². The third-order valence-corrected chi connectivity index (χ3v) is 3.81. The molecule has 2 aromatic rings. The van der Waals surface area contributed by atoms with Gasteiger partial charge in [0.15, 0.2) is 0 Å². The van der Waals surface area contributed by atoms with Crippen molar-refractivity contribution in [2.24, 2.45) is 0 Å². The molecule has 0 fully saturated rings. The van der Waals surface area contributed by atoms with Crippen LogP contribution >= 0.6 is 0 Å². The number of hydrogen-bond acceptors (Lipinski definition) is 3. The van der Waals surface area contributed by atoms with Gasteiger partial charge in [-0.05, 0) is 19.4 Å². The molecule has 0 aliphatic rings. The molecule has 0 spiro atoms. The summed E-state index contributed by atoms with van der Waals surface area (Å²) in [5, 5.41) is 4.07. The average Bonchev–Trinajstić information content (AvgIpc) is 2.54. The number of rotatable bonds is 3. The number of aromatic nitrogens is 2. The van der Waals surface area contributed by atoms with E-state index < -0.39 is 10.2 Å². The van der Waals surface area contributed by atoms with E-state index >= 15 is 0 Å². The first kappa shape index (κ1) is 12.8. The van der Waals surface area contributed by atoms with Crippen LogP contribution in [0.2, 0.25) is 0 Å². The Bertz CT molecular complexity index is 663. The molecule has 0 aliphatic carbocycles. The molecule has 2 rings (SSSR count). The Kier molecular flexibility index (Phi) is 3.21. The van der Waals surface area contributed by atoms with Crippen LogP contribution in [0.25, 0.3) is 0 Å². The molecule has 96 valence electrons. The van der Waals surface area contributed by atoms with Gasteiger partial charge in [-0.25, -0.2) is 0 Å². The number of nitrogens with zero attached hydrogens (tertiary/aromatic N) is 2. The fourth-order valence-corrected chi connectivity index (χ4v) is 2.80. The van der Waals surface area contributed by atoms with Crippen molar-refractivity contribution in [3.05, 3.63) is 47.3 Å². The second kappa shape index (κ2) is 4.53. The normalized spacial score (nSPS) is 11.7. The molecule has 0 bridgehead atoms. The van der Waals surface area contributed by atoms with Crippen molar-refractivity contribution in [2.75, 3.05) is 0 Å². The first-order chi connectivity index (χ1) is 8.39. The first-order valence-electron chi connectivity index (χ1n) is 5.42. The van der Waals surface area contributed by atoms with Gasteiger partial charge in [-0.2, -0.15) is 13.5 Å².